The van der Waals surface area contributed by atoms with Crippen LogP contribution in [0.4, 0.5) is 17.1 Å². The van der Waals surface area contributed by atoms with Crippen molar-refractivity contribution in [2.24, 2.45) is 0 Å². The Labute approximate surface area is 378 Å². The molecule has 3 aliphatic rings. The van der Waals surface area contributed by atoms with Gasteiger partial charge in [-0.05, 0) is 125 Å². The summed E-state index contributed by atoms with van der Waals surface area (Å²) in [7, 11) is 0. The second kappa shape index (κ2) is 13.9. The van der Waals surface area contributed by atoms with E-state index >= 15 is 0 Å². The van der Waals surface area contributed by atoms with Crippen LogP contribution in [-0.4, -0.2) is 0 Å². The van der Waals surface area contributed by atoms with Gasteiger partial charge in [-0.25, -0.2) is 0 Å². The van der Waals surface area contributed by atoms with Crippen molar-refractivity contribution >= 4 is 17.1 Å². The van der Waals surface area contributed by atoms with Crippen LogP contribution in [-0.2, 0) is 16.2 Å². The third-order valence-corrected chi connectivity index (χ3v) is 15.1. The van der Waals surface area contributed by atoms with Gasteiger partial charge in [0.2, 0.25) is 0 Å². The maximum absolute atomic E-state index is 2.57. The number of hydrogen-bond donors (Lipinski definition) is 0. The summed E-state index contributed by atoms with van der Waals surface area (Å²) in [4.78, 5) is 2.53. The Bertz CT molecular complexity index is 3330. The summed E-state index contributed by atoms with van der Waals surface area (Å²) in [6, 6.07) is 75.0. The number of rotatable bonds is 6. The largest absolute Gasteiger partial charge is 0.310 e. The highest BCUT2D eigenvalue weighted by Crippen LogP contribution is 2.61. The summed E-state index contributed by atoms with van der Waals surface area (Å²) in [5.41, 5.74) is 26.8. The lowest BCUT2D eigenvalue weighted by Crippen LogP contribution is -2.19. The number of benzene rings is 9. The Morgan fingerprint density at radius 1 is 0.266 bits per heavy atom. The molecule has 308 valence electrons. The molecule has 0 saturated heterocycles. The van der Waals surface area contributed by atoms with Crippen molar-refractivity contribution in [2.45, 2.75) is 57.8 Å². The Morgan fingerprint density at radius 3 is 1.41 bits per heavy atom. The van der Waals surface area contributed by atoms with E-state index < -0.39 is 0 Å². The standard InChI is InChI=1S/C63H51N/c1-61(2)51-26-16-13-24-47(51)48-35-33-45(38-54(48)61)64(57-28-18-15-23-46(57)42-31-29-41(30-32-42)40-19-9-7-10-20-40)44-34-36-53-50(37-44)60-56(63(53,5)6)39-55-59(58(60)43-21-11-8-12-22-43)49-25-14-17-27-52(49)62(55,3)4/h7-39H,1-6H3. The molecule has 1 heteroatoms. The van der Waals surface area contributed by atoms with E-state index in [1.165, 1.54) is 100 Å². The molecular formula is C63H51N. The smallest absolute Gasteiger partial charge is 0.0540 e. The lowest BCUT2D eigenvalue weighted by Gasteiger charge is -2.30. The van der Waals surface area contributed by atoms with E-state index in [1.807, 2.05) is 0 Å². The number of para-hydroxylation sites is 1. The predicted octanol–water partition coefficient (Wildman–Crippen LogP) is 17.1. The molecule has 0 aromatic heterocycles. The van der Waals surface area contributed by atoms with E-state index in [2.05, 4.69) is 247 Å². The fourth-order valence-electron chi connectivity index (χ4n) is 11.7. The van der Waals surface area contributed by atoms with Gasteiger partial charge in [-0.2, -0.15) is 0 Å². The number of nitrogens with zero attached hydrogens (tertiary/aromatic N) is 1. The number of fused-ring (bicyclic) bond motifs is 9. The van der Waals surface area contributed by atoms with Crippen molar-refractivity contribution in [1.29, 1.82) is 0 Å². The van der Waals surface area contributed by atoms with Crippen LogP contribution in [0.5, 0.6) is 0 Å². The number of anilines is 3. The monoisotopic (exact) mass is 821 g/mol. The van der Waals surface area contributed by atoms with Crippen LogP contribution in [0, 0.1) is 0 Å². The maximum atomic E-state index is 2.57. The van der Waals surface area contributed by atoms with Crippen LogP contribution >= 0.6 is 0 Å². The van der Waals surface area contributed by atoms with Crippen LogP contribution in [0.1, 0.15) is 74.9 Å². The van der Waals surface area contributed by atoms with Crippen LogP contribution in [0.25, 0.3) is 66.8 Å². The highest BCUT2D eigenvalue weighted by Gasteiger charge is 2.45. The van der Waals surface area contributed by atoms with Gasteiger partial charge in [-0.15, -0.1) is 0 Å². The zero-order valence-electron chi connectivity index (χ0n) is 37.5. The zero-order chi connectivity index (χ0) is 43.5. The molecule has 9 aromatic carbocycles. The third-order valence-electron chi connectivity index (χ3n) is 15.1. The second-order valence-electron chi connectivity index (χ2n) is 19.7. The average Bonchev–Trinajstić information content (AvgIpc) is 3.81. The van der Waals surface area contributed by atoms with E-state index in [-0.39, 0.29) is 16.2 Å². The predicted molar refractivity (Wildman–Crippen MR) is 270 cm³/mol. The molecule has 0 atom stereocenters. The Hall–Kier alpha value is -7.22. The second-order valence-corrected chi connectivity index (χ2v) is 19.7. The fraction of sp³-hybridized carbons (Fsp3) is 0.143. The van der Waals surface area contributed by atoms with E-state index in [4.69, 9.17) is 0 Å². The minimum atomic E-state index is -0.209. The van der Waals surface area contributed by atoms with E-state index in [0.29, 0.717) is 0 Å². The molecule has 0 radical (unpaired) electrons. The van der Waals surface area contributed by atoms with E-state index in [9.17, 15) is 0 Å². The van der Waals surface area contributed by atoms with Crippen LogP contribution in [0.15, 0.2) is 200 Å². The summed E-state index contributed by atoms with van der Waals surface area (Å²) in [5.74, 6) is 0. The minimum absolute atomic E-state index is 0.124. The highest BCUT2D eigenvalue weighted by molar-refractivity contribution is 6.05. The normalized spacial score (nSPS) is 15.1. The molecule has 64 heavy (non-hydrogen) atoms. The van der Waals surface area contributed by atoms with Gasteiger partial charge >= 0.3 is 0 Å². The molecule has 9 aromatic rings. The summed E-state index contributed by atoms with van der Waals surface area (Å²) >= 11 is 0. The van der Waals surface area contributed by atoms with Crippen LogP contribution in [0.3, 0.4) is 0 Å². The van der Waals surface area contributed by atoms with E-state index in [0.717, 1.165) is 17.1 Å². The van der Waals surface area contributed by atoms with Gasteiger partial charge in [0.25, 0.3) is 0 Å². The molecule has 0 unspecified atom stereocenters. The first-order valence-corrected chi connectivity index (χ1v) is 22.8. The summed E-state index contributed by atoms with van der Waals surface area (Å²) < 4.78 is 0. The Balaban J connectivity index is 1.10. The fourth-order valence-corrected chi connectivity index (χ4v) is 11.7. The molecule has 0 saturated carbocycles. The first-order chi connectivity index (χ1) is 31.0. The van der Waals surface area contributed by atoms with Crippen molar-refractivity contribution in [3.8, 4) is 66.8 Å². The molecule has 0 aliphatic heterocycles. The van der Waals surface area contributed by atoms with E-state index in [1.54, 1.807) is 0 Å². The quantitative estimate of drug-likeness (QED) is 0.161. The highest BCUT2D eigenvalue weighted by atomic mass is 15.1. The first-order valence-electron chi connectivity index (χ1n) is 22.8. The number of hydrogen-bond acceptors (Lipinski definition) is 1. The van der Waals surface area contributed by atoms with Crippen molar-refractivity contribution in [3.63, 3.8) is 0 Å². The topological polar surface area (TPSA) is 3.24 Å². The molecule has 12 rings (SSSR count). The third kappa shape index (κ3) is 5.50. The van der Waals surface area contributed by atoms with Crippen LogP contribution < -0.4 is 4.90 Å². The summed E-state index contributed by atoms with van der Waals surface area (Å²) in [5, 5.41) is 0. The van der Waals surface area contributed by atoms with Gasteiger partial charge in [0.15, 0.2) is 0 Å². The lowest BCUT2D eigenvalue weighted by atomic mass is 9.76. The zero-order valence-corrected chi connectivity index (χ0v) is 37.5. The van der Waals surface area contributed by atoms with Gasteiger partial charge in [0.1, 0.15) is 0 Å². The van der Waals surface area contributed by atoms with Crippen molar-refractivity contribution in [3.05, 3.63) is 234 Å². The van der Waals surface area contributed by atoms with Crippen LogP contribution in [0.2, 0.25) is 0 Å². The maximum Gasteiger partial charge on any atom is 0.0540 e. The van der Waals surface area contributed by atoms with Gasteiger partial charge in [-0.1, -0.05) is 211 Å². The molecule has 0 bridgehead atoms. The Kier molecular flexibility index (Phi) is 8.35. The molecule has 0 amide bonds. The summed E-state index contributed by atoms with van der Waals surface area (Å²) in [6.07, 6.45) is 0. The Morgan fingerprint density at radius 2 is 0.719 bits per heavy atom. The molecule has 0 N–H and O–H groups in total. The molecule has 0 fully saturated rings. The molecule has 0 spiro atoms. The lowest BCUT2D eigenvalue weighted by molar-refractivity contribution is 0.639. The van der Waals surface area contributed by atoms with Gasteiger partial charge < -0.3 is 4.90 Å². The molecule has 3 aliphatic carbocycles. The van der Waals surface area contributed by atoms with Crippen molar-refractivity contribution in [2.75, 3.05) is 4.90 Å². The molecule has 0 heterocycles. The molecule has 1 nitrogen and oxygen atoms in total. The molecular weight excluding hydrogens is 771 g/mol. The van der Waals surface area contributed by atoms with Crippen molar-refractivity contribution < 1.29 is 0 Å². The SMILES string of the molecule is CC1(C)c2ccccc2-c2ccc(N(c3ccc4c(c3)-c3c(cc5c(c3-c3ccccc3)-c3ccccc3C5(C)C)C4(C)C)c3ccccc3-c3ccc(-c4ccccc4)cc3)cc21. The average molecular weight is 822 g/mol. The minimum Gasteiger partial charge on any atom is -0.310 e. The van der Waals surface area contributed by atoms with Gasteiger partial charge in [0.05, 0.1) is 5.69 Å². The summed E-state index contributed by atoms with van der Waals surface area (Å²) in [6.45, 7) is 14.4. The van der Waals surface area contributed by atoms with Gasteiger partial charge in [-0.3, -0.25) is 0 Å². The van der Waals surface area contributed by atoms with Gasteiger partial charge in [0, 0.05) is 33.2 Å². The van der Waals surface area contributed by atoms with Crippen molar-refractivity contribution in [1.82, 2.24) is 0 Å². The first kappa shape index (κ1) is 38.5.